The van der Waals surface area contributed by atoms with E-state index in [2.05, 4.69) is 0 Å². The van der Waals surface area contributed by atoms with E-state index in [-0.39, 0.29) is 18.0 Å². The normalized spacial score (nSPS) is 34.6. The highest BCUT2D eigenvalue weighted by atomic mass is 16.7. The van der Waals surface area contributed by atoms with Crippen molar-refractivity contribution in [2.24, 2.45) is 28.6 Å². The van der Waals surface area contributed by atoms with Crippen LogP contribution in [0.2, 0.25) is 0 Å². The number of rotatable bonds is 7. The Bertz CT molecular complexity index is 489. The molecule has 1 unspecified atom stereocenters. The number of esters is 2. The van der Waals surface area contributed by atoms with Crippen LogP contribution in [0.1, 0.15) is 65.7 Å². The maximum atomic E-state index is 12.2. The maximum absolute atomic E-state index is 12.2. The highest BCUT2D eigenvalue weighted by Crippen LogP contribution is 2.61. The summed E-state index contributed by atoms with van der Waals surface area (Å²) in [5.74, 6) is 1.39. The van der Waals surface area contributed by atoms with Gasteiger partial charge in [-0.2, -0.15) is 0 Å². The van der Waals surface area contributed by atoms with Gasteiger partial charge in [0.25, 0.3) is 0 Å². The van der Waals surface area contributed by atoms with E-state index in [1.807, 2.05) is 20.8 Å². The zero-order valence-corrected chi connectivity index (χ0v) is 16.0. The minimum absolute atomic E-state index is 0.0359. The minimum Gasteiger partial charge on any atom is -0.453 e. The lowest BCUT2D eigenvalue weighted by molar-refractivity contribution is -0.238. The summed E-state index contributed by atoms with van der Waals surface area (Å²) < 4.78 is 16.4. The second-order valence-corrected chi connectivity index (χ2v) is 9.15. The summed E-state index contributed by atoms with van der Waals surface area (Å²) in [4.78, 5) is 24.3. The fourth-order valence-corrected chi connectivity index (χ4v) is 5.51. The van der Waals surface area contributed by atoms with E-state index in [0.717, 1.165) is 37.0 Å². The number of carbonyl (C=O) groups excluding carboxylic acids is 2. The van der Waals surface area contributed by atoms with Gasteiger partial charge in [-0.15, -0.1) is 0 Å². The molecule has 4 aliphatic rings. The van der Waals surface area contributed by atoms with Crippen molar-refractivity contribution < 1.29 is 23.8 Å². The lowest BCUT2D eigenvalue weighted by Gasteiger charge is -2.58. The largest absolute Gasteiger partial charge is 0.453 e. The molecule has 142 valence electrons. The molecule has 0 spiro atoms. The van der Waals surface area contributed by atoms with Gasteiger partial charge in [0.1, 0.15) is 0 Å². The number of methoxy groups -OCH3 is 1. The molecule has 0 radical (unpaired) electrons. The van der Waals surface area contributed by atoms with Crippen molar-refractivity contribution in [2.75, 3.05) is 13.7 Å². The third-order valence-corrected chi connectivity index (χ3v) is 6.80. The second-order valence-electron chi connectivity index (χ2n) is 9.15. The van der Waals surface area contributed by atoms with Crippen LogP contribution in [0.15, 0.2) is 0 Å². The van der Waals surface area contributed by atoms with Crippen molar-refractivity contribution in [2.45, 2.75) is 72.0 Å². The Hall–Kier alpha value is -1.10. The molecule has 1 atom stereocenters. The van der Waals surface area contributed by atoms with Gasteiger partial charge in [0, 0.05) is 12.5 Å². The standard InChI is InChI=1S/C20H32O5/c1-5-19(2,3)17(22)24-12-16(21)25-18(23-4)20-9-13-6-14(10-20)8-15(7-13)11-20/h13-15,18H,5-12H2,1-4H3. The Kier molecular flexibility index (Phi) is 5.16. The summed E-state index contributed by atoms with van der Waals surface area (Å²) in [5, 5.41) is 0. The van der Waals surface area contributed by atoms with Crippen molar-refractivity contribution in [1.82, 2.24) is 0 Å². The van der Waals surface area contributed by atoms with E-state index in [4.69, 9.17) is 14.2 Å². The molecule has 4 saturated carbocycles. The molecule has 0 aromatic rings. The Balaban J connectivity index is 1.57. The van der Waals surface area contributed by atoms with Gasteiger partial charge in [-0.05, 0) is 76.5 Å². The van der Waals surface area contributed by atoms with E-state index >= 15 is 0 Å². The van der Waals surface area contributed by atoms with E-state index in [1.54, 1.807) is 7.11 Å². The summed E-state index contributed by atoms with van der Waals surface area (Å²) in [6, 6.07) is 0. The fourth-order valence-electron chi connectivity index (χ4n) is 5.51. The van der Waals surface area contributed by atoms with Gasteiger partial charge in [-0.1, -0.05) is 6.92 Å². The van der Waals surface area contributed by atoms with Gasteiger partial charge in [0.05, 0.1) is 5.41 Å². The average Bonchev–Trinajstić information content (AvgIpc) is 2.56. The van der Waals surface area contributed by atoms with Crippen LogP contribution in [0.4, 0.5) is 0 Å². The monoisotopic (exact) mass is 352 g/mol. The minimum atomic E-state index is -0.582. The predicted molar refractivity (Wildman–Crippen MR) is 92.5 cm³/mol. The zero-order chi connectivity index (χ0) is 18.2. The fraction of sp³-hybridized carbons (Fsp3) is 0.900. The van der Waals surface area contributed by atoms with Gasteiger partial charge in [-0.25, -0.2) is 4.79 Å². The second kappa shape index (κ2) is 6.90. The van der Waals surface area contributed by atoms with Crippen molar-refractivity contribution in [1.29, 1.82) is 0 Å². The average molecular weight is 352 g/mol. The molecule has 0 saturated heterocycles. The van der Waals surface area contributed by atoms with Crippen LogP contribution in [0.3, 0.4) is 0 Å². The number of hydrogen-bond acceptors (Lipinski definition) is 5. The van der Waals surface area contributed by atoms with Crippen molar-refractivity contribution in [3.8, 4) is 0 Å². The molecule has 25 heavy (non-hydrogen) atoms. The Labute approximate surface area is 150 Å². The van der Waals surface area contributed by atoms with Crippen molar-refractivity contribution in [3.63, 3.8) is 0 Å². The molecule has 4 bridgehead atoms. The van der Waals surface area contributed by atoms with E-state index in [0.29, 0.717) is 6.42 Å². The summed E-state index contributed by atoms with van der Waals surface area (Å²) in [6.45, 7) is 5.21. The van der Waals surface area contributed by atoms with Gasteiger partial charge >= 0.3 is 11.9 Å². The van der Waals surface area contributed by atoms with Gasteiger partial charge in [0.15, 0.2) is 6.61 Å². The first kappa shape index (κ1) is 18.7. The predicted octanol–water partition coefficient (Wildman–Crippen LogP) is 3.70. The van der Waals surface area contributed by atoms with Crippen LogP contribution in [-0.2, 0) is 23.8 Å². The maximum Gasteiger partial charge on any atom is 0.346 e. The molecule has 5 nitrogen and oxygen atoms in total. The van der Waals surface area contributed by atoms with Gasteiger partial charge in [-0.3, -0.25) is 4.79 Å². The highest BCUT2D eigenvalue weighted by molar-refractivity contribution is 5.79. The lowest BCUT2D eigenvalue weighted by atomic mass is 9.49. The van der Waals surface area contributed by atoms with Crippen LogP contribution in [0.5, 0.6) is 0 Å². The molecule has 0 aliphatic heterocycles. The molecular formula is C20H32O5. The van der Waals surface area contributed by atoms with Crippen molar-refractivity contribution >= 4 is 11.9 Å². The molecule has 4 rings (SSSR count). The molecule has 4 aliphatic carbocycles. The van der Waals surface area contributed by atoms with Crippen LogP contribution in [0, 0.1) is 28.6 Å². The lowest BCUT2D eigenvalue weighted by Crippen LogP contribution is -2.53. The van der Waals surface area contributed by atoms with E-state index in [1.165, 1.54) is 19.3 Å². The molecule has 0 heterocycles. The first-order chi connectivity index (χ1) is 11.8. The van der Waals surface area contributed by atoms with E-state index in [9.17, 15) is 9.59 Å². The number of ether oxygens (including phenoxy) is 3. The zero-order valence-electron chi connectivity index (χ0n) is 16.0. The first-order valence-corrected chi connectivity index (χ1v) is 9.67. The summed E-state index contributed by atoms with van der Waals surface area (Å²) >= 11 is 0. The molecule has 0 N–H and O–H groups in total. The van der Waals surface area contributed by atoms with Gasteiger partial charge < -0.3 is 14.2 Å². The molecule has 5 heteroatoms. The molecule has 4 fully saturated rings. The van der Waals surface area contributed by atoms with Crippen LogP contribution in [-0.4, -0.2) is 31.9 Å². The molecule has 0 aromatic carbocycles. The number of hydrogen-bond donors (Lipinski definition) is 0. The first-order valence-electron chi connectivity index (χ1n) is 9.67. The molecular weight excluding hydrogens is 320 g/mol. The Morgan fingerprint density at radius 3 is 2.04 bits per heavy atom. The third-order valence-electron chi connectivity index (χ3n) is 6.80. The van der Waals surface area contributed by atoms with Crippen LogP contribution >= 0.6 is 0 Å². The van der Waals surface area contributed by atoms with Gasteiger partial charge in [0.2, 0.25) is 6.29 Å². The smallest absolute Gasteiger partial charge is 0.346 e. The third kappa shape index (κ3) is 3.71. The Morgan fingerprint density at radius 1 is 1.08 bits per heavy atom. The molecule has 0 aromatic heterocycles. The quantitative estimate of drug-likeness (QED) is 0.516. The SMILES string of the molecule is CCC(C)(C)C(=O)OCC(=O)OC(OC)C12CC3CC(CC(C3)C1)C2. The van der Waals surface area contributed by atoms with Crippen LogP contribution < -0.4 is 0 Å². The summed E-state index contributed by atoms with van der Waals surface area (Å²) in [5.41, 5.74) is -0.618. The highest BCUT2D eigenvalue weighted by Gasteiger charge is 2.56. The van der Waals surface area contributed by atoms with Crippen molar-refractivity contribution in [3.05, 3.63) is 0 Å². The van der Waals surface area contributed by atoms with Crippen LogP contribution in [0.25, 0.3) is 0 Å². The number of carbonyl (C=O) groups is 2. The van der Waals surface area contributed by atoms with E-state index < -0.39 is 17.7 Å². The summed E-state index contributed by atoms with van der Waals surface area (Å²) in [7, 11) is 1.61. The summed E-state index contributed by atoms with van der Waals surface area (Å²) in [6.07, 6.45) is 7.39. The Morgan fingerprint density at radius 2 is 1.60 bits per heavy atom. The topological polar surface area (TPSA) is 61.8 Å². The molecule has 0 amide bonds.